The fourth-order valence-corrected chi connectivity index (χ4v) is 4.36. The summed E-state index contributed by atoms with van der Waals surface area (Å²) in [4.78, 5) is 22.3. The van der Waals surface area contributed by atoms with E-state index in [1.807, 2.05) is 38.1 Å². The third-order valence-electron chi connectivity index (χ3n) is 5.06. The molecule has 3 aromatic heterocycles. The minimum Gasteiger partial charge on any atom is -0.337 e. The lowest BCUT2D eigenvalue weighted by molar-refractivity contribution is 0.0760. The molecule has 4 rings (SSSR count). The highest BCUT2D eigenvalue weighted by Gasteiger charge is 2.28. The van der Waals surface area contributed by atoms with Crippen LogP contribution in [0.25, 0.3) is 5.82 Å². The molecule has 4 heterocycles. The number of rotatable bonds is 4. The van der Waals surface area contributed by atoms with Gasteiger partial charge in [-0.3, -0.25) is 9.69 Å². The summed E-state index contributed by atoms with van der Waals surface area (Å²) in [7, 11) is 1.85. The summed E-state index contributed by atoms with van der Waals surface area (Å²) in [5.41, 5.74) is 2.48. The molecule has 148 valence electrons. The Balaban J connectivity index is 1.50. The van der Waals surface area contributed by atoms with Crippen LogP contribution in [0.15, 0.2) is 23.8 Å². The SMILES string of the molecule is Cc1nc(CN2CCCN(C(=O)c3c(C)nn(C)c3-n3cccn3)CC2)cs1. The van der Waals surface area contributed by atoms with Gasteiger partial charge in [0.25, 0.3) is 5.91 Å². The molecule has 0 unspecified atom stereocenters. The second kappa shape index (κ2) is 7.84. The van der Waals surface area contributed by atoms with E-state index >= 15 is 0 Å². The summed E-state index contributed by atoms with van der Waals surface area (Å²) < 4.78 is 3.44. The first-order chi connectivity index (χ1) is 13.5. The van der Waals surface area contributed by atoms with Crippen LogP contribution < -0.4 is 0 Å². The molecule has 0 spiro atoms. The number of aryl methyl sites for hydroxylation is 3. The maximum absolute atomic E-state index is 13.4. The number of carbonyl (C=O) groups excluding carboxylic acids is 1. The molecule has 0 saturated carbocycles. The topological polar surface area (TPSA) is 72.1 Å². The number of nitrogens with zero attached hydrogens (tertiary/aromatic N) is 7. The molecular formula is C19H25N7OS. The number of aromatic nitrogens is 5. The molecule has 1 fully saturated rings. The molecule has 0 bridgehead atoms. The van der Waals surface area contributed by atoms with Crippen LogP contribution in [0.1, 0.15) is 33.2 Å². The maximum atomic E-state index is 13.4. The Bertz CT molecular complexity index is 959. The summed E-state index contributed by atoms with van der Waals surface area (Å²) in [5.74, 6) is 0.744. The Morgan fingerprint density at radius 2 is 2.07 bits per heavy atom. The lowest BCUT2D eigenvalue weighted by atomic mass is 10.2. The molecule has 1 saturated heterocycles. The van der Waals surface area contributed by atoms with E-state index < -0.39 is 0 Å². The van der Waals surface area contributed by atoms with Crippen molar-refractivity contribution >= 4 is 17.2 Å². The minimum absolute atomic E-state index is 0.0300. The molecule has 28 heavy (non-hydrogen) atoms. The third-order valence-corrected chi connectivity index (χ3v) is 5.88. The highest BCUT2D eigenvalue weighted by molar-refractivity contribution is 7.09. The van der Waals surface area contributed by atoms with Crippen molar-refractivity contribution in [2.75, 3.05) is 26.2 Å². The number of hydrogen-bond donors (Lipinski definition) is 0. The molecule has 8 nitrogen and oxygen atoms in total. The van der Waals surface area contributed by atoms with Gasteiger partial charge in [-0.1, -0.05) is 0 Å². The third kappa shape index (κ3) is 3.72. The van der Waals surface area contributed by atoms with Crippen molar-refractivity contribution < 1.29 is 4.79 Å². The zero-order valence-corrected chi connectivity index (χ0v) is 17.3. The van der Waals surface area contributed by atoms with E-state index in [1.165, 1.54) is 0 Å². The van der Waals surface area contributed by atoms with Crippen LogP contribution in [0.2, 0.25) is 0 Å². The van der Waals surface area contributed by atoms with Gasteiger partial charge in [-0.15, -0.1) is 11.3 Å². The van der Waals surface area contributed by atoms with Crippen LogP contribution in [0.5, 0.6) is 0 Å². The Kier molecular flexibility index (Phi) is 5.27. The fourth-order valence-electron chi connectivity index (χ4n) is 3.75. The van der Waals surface area contributed by atoms with Crippen LogP contribution in [-0.4, -0.2) is 66.4 Å². The fraction of sp³-hybridized carbons (Fsp3) is 0.474. The largest absolute Gasteiger partial charge is 0.337 e. The first-order valence-corrected chi connectivity index (χ1v) is 10.4. The van der Waals surface area contributed by atoms with Gasteiger partial charge in [0.1, 0.15) is 5.56 Å². The smallest absolute Gasteiger partial charge is 0.259 e. The normalized spacial score (nSPS) is 15.8. The first kappa shape index (κ1) is 18.8. The van der Waals surface area contributed by atoms with Gasteiger partial charge in [0.15, 0.2) is 5.82 Å². The van der Waals surface area contributed by atoms with Crippen LogP contribution in [0.3, 0.4) is 0 Å². The van der Waals surface area contributed by atoms with E-state index in [0.29, 0.717) is 17.9 Å². The van der Waals surface area contributed by atoms with E-state index in [2.05, 4.69) is 25.5 Å². The second-order valence-electron chi connectivity index (χ2n) is 7.14. The Labute approximate surface area is 168 Å². The number of amides is 1. The average molecular weight is 400 g/mol. The standard InChI is InChI=1S/C19H25N7OS/c1-14-17(18(23(3)22-14)26-9-4-6-20-26)19(27)25-8-5-7-24(10-11-25)12-16-13-28-15(2)21-16/h4,6,9,13H,5,7-8,10-12H2,1-3H3. The van der Waals surface area contributed by atoms with E-state index in [0.717, 1.165) is 49.0 Å². The van der Waals surface area contributed by atoms with E-state index in [1.54, 1.807) is 26.9 Å². The van der Waals surface area contributed by atoms with Crippen molar-refractivity contribution in [1.29, 1.82) is 0 Å². The van der Waals surface area contributed by atoms with Crippen LogP contribution in [-0.2, 0) is 13.6 Å². The Hall–Kier alpha value is -2.52. The van der Waals surface area contributed by atoms with Gasteiger partial charge < -0.3 is 4.90 Å². The quantitative estimate of drug-likeness (QED) is 0.671. The Morgan fingerprint density at radius 1 is 1.21 bits per heavy atom. The molecule has 1 aliphatic rings. The molecule has 0 radical (unpaired) electrons. The lowest BCUT2D eigenvalue weighted by Gasteiger charge is -2.22. The van der Waals surface area contributed by atoms with Gasteiger partial charge in [-0.05, 0) is 26.3 Å². The molecule has 3 aromatic rings. The minimum atomic E-state index is 0.0300. The summed E-state index contributed by atoms with van der Waals surface area (Å²) in [6, 6.07) is 1.85. The van der Waals surface area contributed by atoms with Gasteiger partial charge in [0, 0.05) is 57.5 Å². The number of hydrogen-bond acceptors (Lipinski definition) is 6. The summed E-state index contributed by atoms with van der Waals surface area (Å²) >= 11 is 1.69. The molecule has 0 aromatic carbocycles. The second-order valence-corrected chi connectivity index (χ2v) is 8.20. The van der Waals surface area contributed by atoms with Crippen molar-refractivity contribution in [3.8, 4) is 5.82 Å². The molecule has 0 atom stereocenters. The molecular weight excluding hydrogens is 374 g/mol. The highest BCUT2D eigenvalue weighted by Crippen LogP contribution is 2.21. The van der Waals surface area contributed by atoms with Gasteiger partial charge in [0.05, 0.1) is 16.4 Å². The summed E-state index contributed by atoms with van der Waals surface area (Å²) in [6.07, 6.45) is 4.50. The van der Waals surface area contributed by atoms with Crippen molar-refractivity contribution in [1.82, 2.24) is 34.3 Å². The van der Waals surface area contributed by atoms with Gasteiger partial charge in [-0.2, -0.15) is 10.2 Å². The highest BCUT2D eigenvalue weighted by atomic mass is 32.1. The number of thiazole rings is 1. The van der Waals surface area contributed by atoms with Crippen molar-refractivity contribution in [3.05, 3.63) is 45.8 Å². The van der Waals surface area contributed by atoms with Crippen molar-refractivity contribution in [3.63, 3.8) is 0 Å². The van der Waals surface area contributed by atoms with Gasteiger partial charge >= 0.3 is 0 Å². The maximum Gasteiger partial charge on any atom is 0.259 e. The molecule has 9 heteroatoms. The zero-order chi connectivity index (χ0) is 19.7. The van der Waals surface area contributed by atoms with Crippen LogP contribution in [0.4, 0.5) is 0 Å². The lowest BCUT2D eigenvalue weighted by Crippen LogP contribution is -2.35. The van der Waals surface area contributed by atoms with Crippen LogP contribution >= 0.6 is 11.3 Å². The van der Waals surface area contributed by atoms with E-state index in [4.69, 9.17) is 0 Å². The summed E-state index contributed by atoms with van der Waals surface area (Å²) in [6.45, 7) is 8.03. The molecule has 1 aliphatic heterocycles. The summed E-state index contributed by atoms with van der Waals surface area (Å²) in [5, 5.41) is 12.0. The van der Waals surface area contributed by atoms with E-state index in [9.17, 15) is 4.79 Å². The molecule has 1 amide bonds. The van der Waals surface area contributed by atoms with Gasteiger partial charge in [-0.25, -0.2) is 14.3 Å². The Morgan fingerprint density at radius 3 is 2.79 bits per heavy atom. The van der Waals surface area contributed by atoms with Crippen LogP contribution in [0, 0.1) is 13.8 Å². The first-order valence-electron chi connectivity index (χ1n) is 9.49. The monoisotopic (exact) mass is 399 g/mol. The van der Waals surface area contributed by atoms with Crippen molar-refractivity contribution in [2.45, 2.75) is 26.8 Å². The van der Waals surface area contributed by atoms with Gasteiger partial charge in [0.2, 0.25) is 0 Å². The zero-order valence-electron chi connectivity index (χ0n) is 16.5. The predicted molar refractivity (Wildman–Crippen MR) is 108 cm³/mol. The van der Waals surface area contributed by atoms with Crippen molar-refractivity contribution in [2.24, 2.45) is 7.05 Å². The van der Waals surface area contributed by atoms with E-state index in [-0.39, 0.29) is 5.91 Å². The average Bonchev–Trinajstić information content (AvgIpc) is 3.33. The molecule has 0 aliphatic carbocycles. The molecule has 0 N–H and O–H groups in total. The number of carbonyl (C=O) groups is 1. The predicted octanol–water partition coefficient (Wildman–Crippen LogP) is 2.03.